The monoisotopic (exact) mass is 218 g/mol. The van der Waals surface area contributed by atoms with Gasteiger partial charge in [-0.25, -0.2) is 4.79 Å². The van der Waals surface area contributed by atoms with Crippen molar-refractivity contribution in [3.63, 3.8) is 0 Å². The molecule has 0 saturated carbocycles. The van der Waals surface area contributed by atoms with Gasteiger partial charge in [-0.3, -0.25) is 4.98 Å². The van der Waals surface area contributed by atoms with Gasteiger partial charge in [-0.2, -0.15) is 0 Å². The van der Waals surface area contributed by atoms with Crippen LogP contribution >= 0.6 is 0 Å². The molecule has 0 spiro atoms. The maximum atomic E-state index is 11.2. The first kappa shape index (κ1) is 11.7. The molecule has 1 rings (SSSR count). The van der Waals surface area contributed by atoms with E-state index in [1.165, 1.54) is 13.3 Å². The van der Waals surface area contributed by atoms with Crippen LogP contribution in [0.3, 0.4) is 0 Å². The SMILES string of the molecule is COC(=O)c1ccnc(C=CCN=[N+]=[N-])c1. The number of methoxy groups -OCH3 is 1. The zero-order valence-corrected chi connectivity index (χ0v) is 8.70. The highest BCUT2D eigenvalue weighted by Gasteiger charge is 2.04. The van der Waals surface area contributed by atoms with Crippen LogP contribution in [0.5, 0.6) is 0 Å². The van der Waals surface area contributed by atoms with E-state index >= 15 is 0 Å². The van der Waals surface area contributed by atoms with E-state index in [1.54, 1.807) is 24.3 Å². The Morgan fingerprint density at radius 3 is 3.25 bits per heavy atom. The Bertz CT molecular complexity index is 450. The van der Waals surface area contributed by atoms with E-state index in [4.69, 9.17) is 5.53 Å². The van der Waals surface area contributed by atoms with E-state index in [2.05, 4.69) is 19.7 Å². The molecule has 0 radical (unpaired) electrons. The standard InChI is InChI=1S/C10H10N4O2/c1-16-10(15)8-4-6-12-9(7-8)3-2-5-13-14-11/h2-4,6-7H,5H2,1H3. The molecular formula is C10H10N4O2. The van der Waals surface area contributed by atoms with Crippen molar-refractivity contribution in [3.05, 3.63) is 46.1 Å². The van der Waals surface area contributed by atoms with Crippen molar-refractivity contribution < 1.29 is 9.53 Å². The number of nitrogens with zero attached hydrogens (tertiary/aromatic N) is 4. The maximum absolute atomic E-state index is 11.2. The number of esters is 1. The van der Waals surface area contributed by atoms with Crippen molar-refractivity contribution >= 4 is 12.0 Å². The molecule has 82 valence electrons. The molecule has 16 heavy (non-hydrogen) atoms. The summed E-state index contributed by atoms with van der Waals surface area (Å²) in [5.41, 5.74) is 9.10. The Balaban J connectivity index is 2.78. The van der Waals surface area contributed by atoms with Crippen LogP contribution in [0.4, 0.5) is 0 Å². The lowest BCUT2D eigenvalue weighted by Crippen LogP contribution is -2.01. The summed E-state index contributed by atoms with van der Waals surface area (Å²) in [5, 5.41) is 3.33. The van der Waals surface area contributed by atoms with Gasteiger partial charge in [0.25, 0.3) is 0 Å². The van der Waals surface area contributed by atoms with Gasteiger partial charge in [0.05, 0.1) is 18.4 Å². The Hall–Kier alpha value is -2.33. The minimum atomic E-state index is -0.410. The van der Waals surface area contributed by atoms with E-state index in [1.807, 2.05) is 0 Å². The fourth-order valence-electron chi connectivity index (χ4n) is 1.04. The summed E-state index contributed by atoms with van der Waals surface area (Å²) >= 11 is 0. The molecule has 1 aromatic rings. The molecule has 1 heterocycles. The average Bonchev–Trinajstić information content (AvgIpc) is 2.34. The minimum Gasteiger partial charge on any atom is -0.465 e. The molecule has 6 heteroatoms. The maximum Gasteiger partial charge on any atom is 0.337 e. The van der Waals surface area contributed by atoms with Gasteiger partial charge in [-0.1, -0.05) is 11.2 Å². The molecule has 1 aromatic heterocycles. The molecule has 0 bridgehead atoms. The van der Waals surface area contributed by atoms with Gasteiger partial charge in [0.1, 0.15) is 0 Å². The fraction of sp³-hybridized carbons (Fsp3) is 0.200. The van der Waals surface area contributed by atoms with Gasteiger partial charge in [0.15, 0.2) is 0 Å². The molecule has 0 aliphatic heterocycles. The van der Waals surface area contributed by atoms with Gasteiger partial charge in [-0.15, -0.1) is 0 Å². The second kappa shape index (κ2) is 6.21. The largest absolute Gasteiger partial charge is 0.465 e. The highest BCUT2D eigenvalue weighted by atomic mass is 16.5. The van der Waals surface area contributed by atoms with Crippen LogP contribution in [0.15, 0.2) is 29.5 Å². The molecule has 0 saturated heterocycles. The lowest BCUT2D eigenvalue weighted by molar-refractivity contribution is 0.0600. The molecule has 0 fully saturated rings. The summed E-state index contributed by atoms with van der Waals surface area (Å²) < 4.78 is 4.58. The van der Waals surface area contributed by atoms with E-state index in [0.717, 1.165) is 0 Å². The Morgan fingerprint density at radius 1 is 1.75 bits per heavy atom. The summed E-state index contributed by atoms with van der Waals surface area (Å²) in [6, 6.07) is 3.16. The predicted molar refractivity (Wildman–Crippen MR) is 58.6 cm³/mol. The summed E-state index contributed by atoms with van der Waals surface area (Å²) in [7, 11) is 1.32. The first-order valence-electron chi connectivity index (χ1n) is 4.49. The average molecular weight is 218 g/mol. The van der Waals surface area contributed by atoms with Gasteiger partial charge in [0.2, 0.25) is 0 Å². The van der Waals surface area contributed by atoms with Gasteiger partial charge < -0.3 is 4.74 Å². The highest BCUT2D eigenvalue weighted by Crippen LogP contribution is 2.05. The first-order chi connectivity index (χ1) is 7.77. The summed E-state index contributed by atoms with van der Waals surface area (Å²) in [6.07, 6.45) is 4.84. The van der Waals surface area contributed by atoms with Crippen LogP contribution < -0.4 is 0 Å². The van der Waals surface area contributed by atoms with Gasteiger partial charge >= 0.3 is 5.97 Å². The molecule has 0 atom stereocenters. The van der Waals surface area contributed by atoms with Crippen LogP contribution in [0.1, 0.15) is 16.1 Å². The van der Waals surface area contributed by atoms with Crippen molar-refractivity contribution in [1.82, 2.24) is 4.98 Å². The van der Waals surface area contributed by atoms with E-state index < -0.39 is 5.97 Å². The zero-order valence-electron chi connectivity index (χ0n) is 8.70. The lowest BCUT2D eigenvalue weighted by atomic mass is 10.2. The number of aromatic nitrogens is 1. The zero-order chi connectivity index (χ0) is 11.8. The molecule has 0 unspecified atom stereocenters. The van der Waals surface area contributed by atoms with Gasteiger partial charge in [-0.05, 0) is 23.7 Å². The number of hydrogen-bond donors (Lipinski definition) is 0. The molecule has 0 N–H and O–H groups in total. The Kier molecular flexibility index (Phi) is 4.56. The van der Waals surface area contributed by atoms with Crippen LogP contribution in [-0.4, -0.2) is 24.6 Å². The Morgan fingerprint density at radius 2 is 2.56 bits per heavy atom. The van der Waals surface area contributed by atoms with Gasteiger partial charge in [0, 0.05) is 17.7 Å². The summed E-state index contributed by atoms with van der Waals surface area (Å²) in [6.45, 7) is 0.251. The third kappa shape index (κ3) is 3.43. The van der Waals surface area contributed by atoms with Crippen LogP contribution in [0.25, 0.3) is 16.5 Å². The van der Waals surface area contributed by atoms with Crippen molar-refractivity contribution in [1.29, 1.82) is 0 Å². The van der Waals surface area contributed by atoms with Crippen molar-refractivity contribution in [2.24, 2.45) is 5.11 Å². The normalized spacial score (nSPS) is 9.81. The molecule has 0 aliphatic rings. The van der Waals surface area contributed by atoms with Crippen molar-refractivity contribution in [2.75, 3.05) is 13.7 Å². The van der Waals surface area contributed by atoms with E-state index in [0.29, 0.717) is 11.3 Å². The minimum absolute atomic E-state index is 0.251. The third-order valence-electron chi connectivity index (χ3n) is 1.74. The fourth-order valence-corrected chi connectivity index (χ4v) is 1.04. The second-order valence-electron chi connectivity index (χ2n) is 2.78. The first-order valence-corrected chi connectivity index (χ1v) is 4.49. The number of pyridine rings is 1. The Labute approximate surface area is 92.2 Å². The number of carbonyl (C=O) groups excluding carboxylic acids is 1. The second-order valence-corrected chi connectivity index (χ2v) is 2.78. The quantitative estimate of drug-likeness (QED) is 0.336. The molecule has 0 aliphatic carbocycles. The third-order valence-corrected chi connectivity index (χ3v) is 1.74. The lowest BCUT2D eigenvalue weighted by Gasteiger charge is -1.99. The van der Waals surface area contributed by atoms with Crippen LogP contribution in [-0.2, 0) is 4.74 Å². The van der Waals surface area contributed by atoms with Crippen LogP contribution in [0.2, 0.25) is 0 Å². The van der Waals surface area contributed by atoms with E-state index in [9.17, 15) is 4.79 Å². The summed E-state index contributed by atoms with van der Waals surface area (Å²) in [5.74, 6) is -0.410. The van der Waals surface area contributed by atoms with Crippen molar-refractivity contribution in [2.45, 2.75) is 0 Å². The summed E-state index contributed by atoms with van der Waals surface area (Å²) in [4.78, 5) is 17.8. The molecular weight excluding hydrogens is 208 g/mol. The number of azide groups is 1. The van der Waals surface area contributed by atoms with Crippen LogP contribution in [0, 0.1) is 0 Å². The number of carbonyl (C=O) groups is 1. The van der Waals surface area contributed by atoms with E-state index in [-0.39, 0.29) is 6.54 Å². The number of ether oxygens (including phenoxy) is 1. The number of rotatable bonds is 4. The predicted octanol–water partition coefficient (Wildman–Crippen LogP) is 2.19. The molecule has 0 aromatic carbocycles. The smallest absolute Gasteiger partial charge is 0.337 e. The van der Waals surface area contributed by atoms with Crippen molar-refractivity contribution in [3.8, 4) is 0 Å². The molecule has 6 nitrogen and oxygen atoms in total. The number of hydrogen-bond acceptors (Lipinski definition) is 4. The molecule has 0 amide bonds. The topological polar surface area (TPSA) is 88.0 Å². The highest BCUT2D eigenvalue weighted by molar-refractivity contribution is 5.89.